The molecule has 1 unspecified atom stereocenters. The number of likely N-dealkylation sites (N-methyl/N-ethyl adjacent to an activating group) is 1. The lowest BCUT2D eigenvalue weighted by Crippen LogP contribution is -2.54. The summed E-state index contributed by atoms with van der Waals surface area (Å²) in [6.07, 6.45) is 0.554. The van der Waals surface area contributed by atoms with Crippen molar-refractivity contribution in [3.05, 3.63) is 35.9 Å². The fraction of sp³-hybridized carbons (Fsp3) is 0.500. The molecule has 2 rings (SSSR count). The van der Waals surface area contributed by atoms with Gasteiger partial charge in [-0.1, -0.05) is 30.3 Å². The SMILES string of the molecule is CNC(=O)CN1CCN(C(=O)C(N)Cc2ccccc2)CC1. The number of hydrogen-bond donors (Lipinski definition) is 2. The maximum absolute atomic E-state index is 12.4. The Morgan fingerprint density at radius 3 is 2.41 bits per heavy atom. The first-order valence-corrected chi connectivity index (χ1v) is 7.61. The van der Waals surface area contributed by atoms with Crippen molar-refractivity contribution in [1.82, 2.24) is 15.1 Å². The highest BCUT2D eigenvalue weighted by Gasteiger charge is 2.25. The molecule has 0 radical (unpaired) electrons. The largest absolute Gasteiger partial charge is 0.358 e. The lowest BCUT2D eigenvalue weighted by Gasteiger charge is -2.35. The summed E-state index contributed by atoms with van der Waals surface area (Å²) in [6.45, 7) is 3.04. The molecule has 2 amide bonds. The number of rotatable bonds is 5. The van der Waals surface area contributed by atoms with Crippen LogP contribution >= 0.6 is 0 Å². The van der Waals surface area contributed by atoms with Gasteiger partial charge in [0.2, 0.25) is 11.8 Å². The standard InChI is InChI=1S/C16H24N4O2/c1-18-15(21)12-19-7-9-20(10-8-19)16(22)14(17)11-13-5-3-2-4-6-13/h2-6,14H,7-12,17H2,1H3,(H,18,21). The third-order valence-electron chi connectivity index (χ3n) is 3.95. The predicted molar refractivity (Wildman–Crippen MR) is 85.2 cm³/mol. The smallest absolute Gasteiger partial charge is 0.239 e. The molecule has 0 saturated carbocycles. The minimum atomic E-state index is -0.507. The summed E-state index contributed by atoms with van der Waals surface area (Å²) >= 11 is 0. The second kappa shape index (κ2) is 7.91. The average Bonchev–Trinajstić information content (AvgIpc) is 2.55. The Morgan fingerprint density at radius 2 is 1.82 bits per heavy atom. The lowest BCUT2D eigenvalue weighted by molar-refractivity contribution is -0.134. The number of hydrogen-bond acceptors (Lipinski definition) is 4. The summed E-state index contributed by atoms with van der Waals surface area (Å²) in [4.78, 5) is 27.6. The van der Waals surface area contributed by atoms with Gasteiger partial charge in [0.25, 0.3) is 0 Å². The molecule has 1 aromatic rings. The number of amides is 2. The van der Waals surface area contributed by atoms with E-state index in [1.54, 1.807) is 11.9 Å². The van der Waals surface area contributed by atoms with E-state index in [0.29, 0.717) is 39.1 Å². The van der Waals surface area contributed by atoms with Gasteiger partial charge >= 0.3 is 0 Å². The molecule has 1 saturated heterocycles. The molecule has 6 nitrogen and oxygen atoms in total. The molecule has 1 aliphatic rings. The summed E-state index contributed by atoms with van der Waals surface area (Å²) < 4.78 is 0. The van der Waals surface area contributed by atoms with Crippen molar-refractivity contribution < 1.29 is 9.59 Å². The molecule has 1 heterocycles. The molecule has 120 valence electrons. The van der Waals surface area contributed by atoms with Crippen molar-refractivity contribution in [2.24, 2.45) is 5.73 Å². The highest BCUT2D eigenvalue weighted by Crippen LogP contribution is 2.07. The number of nitrogens with one attached hydrogen (secondary N) is 1. The highest BCUT2D eigenvalue weighted by molar-refractivity contribution is 5.82. The van der Waals surface area contributed by atoms with E-state index in [-0.39, 0.29) is 11.8 Å². The second-order valence-corrected chi connectivity index (χ2v) is 5.57. The number of piperazine rings is 1. The third-order valence-corrected chi connectivity index (χ3v) is 3.95. The highest BCUT2D eigenvalue weighted by atomic mass is 16.2. The summed E-state index contributed by atoms with van der Waals surface area (Å²) in [5.41, 5.74) is 7.12. The molecule has 1 fully saturated rings. The molecule has 0 bridgehead atoms. The van der Waals surface area contributed by atoms with Crippen molar-refractivity contribution in [2.75, 3.05) is 39.8 Å². The van der Waals surface area contributed by atoms with Gasteiger partial charge in [-0.25, -0.2) is 0 Å². The van der Waals surface area contributed by atoms with Crippen LogP contribution in [0.15, 0.2) is 30.3 Å². The van der Waals surface area contributed by atoms with Gasteiger partial charge < -0.3 is 16.0 Å². The van der Waals surface area contributed by atoms with Gasteiger partial charge in [-0.15, -0.1) is 0 Å². The monoisotopic (exact) mass is 304 g/mol. The fourth-order valence-corrected chi connectivity index (χ4v) is 2.60. The molecule has 1 atom stereocenters. The van der Waals surface area contributed by atoms with E-state index >= 15 is 0 Å². The normalized spacial score (nSPS) is 17.1. The lowest BCUT2D eigenvalue weighted by atomic mass is 10.1. The number of carbonyl (C=O) groups excluding carboxylic acids is 2. The molecule has 3 N–H and O–H groups in total. The number of nitrogens with two attached hydrogens (primary N) is 1. The predicted octanol–water partition coefficient (Wildman–Crippen LogP) is -0.553. The zero-order valence-corrected chi connectivity index (χ0v) is 13.0. The molecule has 1 aliphatic heterocycles. The van der Waals surface area contributed by atoms with Gasteiger partial charge in [0.1, 0.15) is 0 Å². The summed E-state index contributed by atoms with van der Waals surface area (Å²) in [5, 5.41) is 2.61. The van der Waals surface area contributed by atoms with Crippen LogP contribution in [0.4, 0.5) is 0 Å². The minimum Gasteiger partial charge on any atom is -0.358 e. The van der Waals surface area contributed by atoms with Gasteiger partial charge in [-0.2, -0.15) is 0 Å². The van der Waals surface area contributed by atoms with Crippen LogP contribution in [0.3, 0.4) is 0 Å². The van der Waals surface area contributed by atoms with Crippen LogP contribution in [0, 0.1) is 0 Å². The van der Waals surface area contributed by atoms with E-state index in [1.807, 2.05) is 35.2 Å². The van der Waals surface area contributed by atoms with Crippen molar-refractivity contribution in [2.45, 2.75) is 12.5 Å². The van der Waals surface area contributed by atoms with Crippen LogP contribution in [0.25, 0.3) is 0 Å². The first-order chi connectivity index (χ1) is 10.6. The summed E-state index contributed by atoms with van der Waals surface area (Å²) in [7, 11) is 1.63. The van der Waals surface area contributed by atoms with Crippen LogP contribution in [-0.4, -0.2) is 67.4 Å². The van der Waals surface area contributed by atoms with Gasteiger partial charge in [0.15, 0.2) is 0 Å². The van der Waals surface area contributed by atoms with E-state index in [1.165, 1.54) is 0 Å². The van der Waals surface area contributed by atoms with Crippen molar-refractivity contribution in [1.29, 1.82) is 0 Å². The maximum atomic E-state index is 12.4. The third kappa shape index (κ3) is 4.54. The summed E-state index contributed by atoms with van der Waals surface area (Å²) in [5.74, 6) is -0.0102. The van der Waals surface area contributed by atoms with E-state index in [4.69, 9.17) is 5.73 Å². The van der Waals surface area contributed by atoms with Crippen LogP contribution in [0.5, 0.6) is 0 Å². The van der Waals surface area contributed by atoms with E-state index in [2.05, 4.69) is 5.32 Å². The van der Waals surface area contributed by atoms with Crippen LogP contribution in [-0.2, 0) is 16.0 Å². The summed E-state index contributed by atoms with van der Waals surface area (Å²) in [6, 6.07) is 9.30. The van der Waals surface area contributed by atoms with Gasteiger partial charge in [-0.05, 0) is 12.0 Å². The number of nitrogens with zero attached hydrogens (tertiary/aromatic N) is 2. The van der Waals surface area contributed by atoms with Crippen LogP contribution in [0.1, 0.15) is 5.56 Å². The average molecular weight is 304 g/mol. The molecule has 0 aliphatic carbocycles. The maximum Gasteiger partial charge on any atom is 0.239 e. The second-order valence-electron chi connectivity index (χ2n) is 5.57. The Bertz CT molecular complexity index is 498. The first-order valence-electron chi connectivity index (χ1n) is 7.61. The quantitative estimate of drug-likeness (QED) is 0.765. The molecular formula is C16H24N4O2. The minimum absolute atomic E-state index is 0.000514. The van der Waals surface area contributed by atoms with Crippen molar-refractivity contribution in [3.63, 3.8) is 0 Å². The molecule has 0 aromatic heterocycles. The van der Waals surface area contributed by atoms with Crippen molar-refractivity contribution >= 4 is 11.8 Å². The Balaban J connectivity index is 1.80. The van der Waals surface area contributed by atoms with E-state index < -0.39 is 6.04 Å². The Hall–Kier alpha value is -1.92. The van der Waals surface area contributed by atoms with Crippen molar-refractivity contribution in [3.8, 4) is 0 Å². The number of carbonyl (C=O) groups is 2. The molecule has 22 heavy (non-hydrogen) atoms. The Kier molecular flexibility index (Phi) is 5.91. The zero-order chi connectivity index (χ0) is 15.9. The number of benzene rings is 1. The first kappa shape index (κ1) is 16.5. The van der Waals surface area contributed by atoms with Crippen LogP contribution < -0.4 is 11.1 Å². The van der Waals surface area contributed by atoms with Gasteiger partial charge in [0.05, 0.1) is 12.6 Å². The molecule has 1 aromatic carbocycles. The topological polar surface area (TPSA) is 78.7 Å². The molecule has 6 heteroatoms. The molecular weight excluding hydrogens is 280 g/mol. The Morgan fingerprint density at radius 1 is 1.18 bits per heavy atom. The van der Waals surface area contributed by atoms with E-state index in [9.17, 15) is 9.59 Å². The Labute approximate surface area is 131 Å². The van der Waals surface area contributed by atoms with Crippen LogP contribution in [0.2, 0.25) is 0 Å². The zero-order valence-electron chi connectivity index (χ0n) is 13.0. The molecule has 0 spiro atoms. The van der Waals surface area contributed by atoms with Gasteiger partial charge in [-0.3, -0.25) is 14.5 Å². The van der Waals surface area contributed by atoms with E-state index in [0.717, 1.165) is 5.56 Å². The fourth-order valence-electron chi connectivity index (χ4n) is 2.60. The van der Waals surface area contributed by atoms with Gasteiger partial charge in [0, 0.05) is 33.2 Å².